The lowest BCUT2D eigenvalue weighted by molar-refractivity contribution is 0.0963. The molecule has 0 unspecified atom stereocenters. The van der Waals surface area contributed by atoms with Crippen molar-refractivity contribution in [1.29, 1.82) is 0 Å². The van der Waals surface area contributed by atoms with Gasteiger partial charge in [-0.3, -0.25) is 9.20 Å². The summed E-state index contributed by atoms with van der Waals surface area (Å²) in [7, 11) is 1.64. The van der Waals surface area contributed by atoms with Crippen molar-refractivity contribution < 1.29 is 4.79 Å². The van der Waals surface area contributed by atoms with E-state index in [0.717, 1.165) is 46.9 Å². The second-order valence-electron chi connectivity index (χ2n) is 7.54. The highest BCUT2D eigenvalue weighted by Gasteiger charge is 2.15. The Hall–Kier alpha value is -3.67. The Balaban J connectivity index is 1.51. The molecular weight excluding hydrogens is 374 g/mol. The van der Waals surface area contributed by atoms with Gasteiger partial charge in [0, 0.05) is 43.7 Å². The van der Waals surface area contributed by atoms with Crippen LogP contribution >= 0.6 is 0 Å². The van der Waals surface area contributed by atoms with Gasteiger partial charge in [-0.1, -0.05) is 12.1 Å². The largest absolute Gasteiger partial charge is 0.357 e. The number of fused-ring (bicyclic) bond motifs is 1. The van der Waals surface area contributed by atoms with E-state index in [1.54, 1.807) is 7.05 Å². The first-order valence-electron chi connectivity index (χ1n) is 10.2. The van der Waals surface area contributed by atoms with Crippen LogP contribution in [0.1, 0.15) is 23.2 Å². The van der Waals surface area contributed by atoms with Gasteiger partial charge in [-0.25, -0.2) is 9.97 Å². The number of aromatic nitrogens is 3. The van der Waals surface area contributed by atoms with E-state index in [1.807, 2.05) is 48.9 Å². The number of anilines is 1. The lowest BCUT2D eigenvalue weighted by Gasteiger charge is -2.16. The van der Waals surface area contributed by atoms with Gasteiger partial charge in [0.05, 0.1) is 11.9 Å². The van der Waals surface area contributed by atoms with Gasteiger partial charge in [0.2, 0.25) is 0 Å². The molecule has 0 bridgehead atoms. The van der Waals surface area contributed by atoms with Crippen LogP contribution in [0, 0.1) is 0 Å². The number of imidazole rings is 1. The van der Waals surface area contributed by atoms with Crippen LogP contribution in [-0.4, -0.2) is 40.4 Å². The van der Waals surface area contributed by atoms with E-state index in [4.69, 9.17) is 0 Å². The van der Waals surface area contributed by atoms with Crippen molar-refractivity contribution >= 4 is 17.4 Å². The van der Waals surface area contributed by atoms with Gasteiger partial charge in [-0.05, 0) is 60.4 Å². The molecule has 1 amide bonds. The van der Waals surface area contributed by atoms with E-state index in [2.05, 4.69) is 42.8 Å². The predicted molar refractivity (Wildman–Crippen MR) is 119 cm³/mol. The summed E-state index contributed by atoms with van der Waals surface area (Å²) in [6, 6.07) is 15.9. The number of nitrogens with one attached hydrogen (secondary N) is 1. The van der Waals surface area contributed by atoms with Crippen molar-refractivity contribution in [2.75, 3.05) is 25.0 Å². The van der Waals surface area contributed by atoms with Crippen molar-refractivity contribution in [3.8, 4) is 22.4 Å². The molecule has 30 heavy (non-hydrogen) atoms. The molecule has 1 aliphatic rings. The maximum absolute atomic E-state index is 12.0. The van der Waals surface area contributed by atoms with E-state index in [1.165, 1.54) is 12.8 Å². The SMILES string of the molecule is CNC(=O)c1cccc(-c2ccn3c(-c4ccnc(N5CCCC5)c4)cnc3c2)c1. The van der Waals surface area contributed by atoms with Gasteiger partial charge in [0.15, 0.2) is 0 Å². The van der Waals surface area contributed by atoms with Crippen LogP contribution in [0.15, 0.2) is 67.1 Å². The minimum absolute atomic E-state index is 0.0903. The highest BCUT2D eigenvalue weighted by molar-refractivity contribution is 5.95. The number of pyridine rings is 2. The lowest BCUT2D eigenvalue weighted by atomic mass is 10.0. The summed E-state index contributed by atoms with van der Waals surface area (Å²) in [6.45, 7) is 2.14. The van der Waals surface area contributed by atoms with E-state index in [9.17, 15) is 4.79 Å². The zero-order valence-corrected chi connectivity index (χ0v) is 16.9. The first-order chi connectivity index (χ1) is 14.7. The van der Waals surface area contributed by atoms with E-state index >= 15 is 0 Å². The molecule has 0 spiro atoms. The number of rotatable bonds is 4. The van der Waals surface area contributed by atoms with E-state index < -0.39 is 0 Å². The molecular formula is C24H23N5O. The maximum atomic E-state index is 12.0. The summed E-state index contributed by atoms with van der Waals surface area (Å²) in [5.74, 6) is 0.940. The summed E-state index contributed by atoms with van der Waals surface area (Å²) in [4.78, 5) is 23.5. The molecule has 0 saturated carbocycles. The summed E-state index contributed by atoms with van der Waals surface area (Å²) in [5, 5.41) is 2.67. The topological polar surface area (TPSA) is 62.5 Å². The molecule has 1 aromatic carbocycles. The number of carbonyl (C=O) groups is 1. The fourth-order valence-electron chi connectivity index (χ4n) is 4.06. The highest BCUT2D eigenvalue weighted by Crippen LogP contribution is 2.28. The minimum atomic E-state index is -0.0903. The summed E-state index contributed by atoms with van der Waals surface area (Å²) in [5.41, 5.74) is 5.67. The fourth-order valence-corrected chi connectivity index (χ4v) is 4.06. The van der Waals surface area contributed by atoms with Crippen molar-refractivity contribution in [3.63, 3.8) is 0 Å². The molecule has 5 rings (SSSR count). The molecule has 6 heteroatoms. The fraction of sp³-hybridized carbons (Fsp3) is 0.208. The zero-order chi connectivity index (χ0) is 20.5. The third-order valence-electron chi connectivity index (χ3n) is 5.67. The number of hydrogen-bond acceptors (Lipinski definition) is 4. The van der Waals surface area contributed by atoms with Crippen molar-refractivity contribution in [1.82, 2.24) is 19.7 Å². The molecule has 0 atom stereocenters. The number of amides is 1. The van der Waals surface area contributed by atoms with Crippen molar-refractivity contribution in [3.05, 3.63) is 72.7 Å². The van der Waals surface area contributed by atoms with Crippen LogP contribution in [0.25, 0.3) is 28.0 Å². The summed E-state index contributed by atoms with van der Waals surface area (Å²) < 4.78 is 2.09. The zero-order valence-electron chi connectivity index (χ0n) is 16.9. The molecule has 3 aromatic heterocycles. The van der Waals surface area contributed by atoms with Crippen LogP contribution in [0.5, 0.6) is 0 Å². The molecule has 1 N–H and O–H groups in total. The number of hydrogen-bond donors (Lipinski definition) is 1. The van der Waals surface area contributed by atoms with Crippen molar-refractivity contribution in [2.24, 2.45) is 0 Å². The van der Waals surface area contributed by atoms with Crippen LogP contribution in [0.3, 0.4) is 0 Å². The standard InChI is InChI=1S/C24H23N5O/c1-25-24(30)20-6-4-5-17(13-20)18-8-12-29-21(16-27-23(29)14-18)19-7-9-26-22(15-19)28-10-2-3-11-28/h4-9,12-16H,2-3,10-11H2,1H3,(H,25,30). The van der Waals surface area contributed by atoms with Crippen LogP contribution in [-0.2, 0) is 0 Å². The third-order valence-corrected chi connectivity index (χ3v) is 5.67. The second-order valence-corrected chi connectivity index (χ2v) is 7.54. The molecule has 1 saturated heterocycles. The van der Waals surface area contributed by atoms with Gasteiger partial charge < -0.3 is 10.2 Å². The molecule has 0 aliphatic carbocycles. The van der Waals surface area contributed by atoms with Crippen molar-refractivity contribution in [2.45, 2.75) is 12.8 Å². The van der Waals surface area contributed by atoms with Gasteiger partial charge in [0.25, 0.3) is 5.91 Å². The number of nitrogens with zero attached hydrogens (tertiary/aromatic N) is 4. The molecule has 6 nitrogen and oxygen atoms in total. The molecule has 1 aliphatic heterocycles. The Bertz CT molecular complexity index is 1220. The van der Waals surface area contributed by atoms with Crippen LogP contribution in [0.2, 0.25) is 0 Å². The van der Waals surface area contributed by atoms with E-state index in [0.29, 0.717) is 5.56 Å². The number of benzene rings is 1. The monoisotopic (exact) mass is 397 g/mol. The predicted octanol–water partition coefficient (Wildman–Crippen LogP) is 4.02. The first kappa shape index (κ1) is 18.4. The lowest BCUT2D eigenvalue weighted by Crippen LogP contribution is -2.18. The Morgan fingerprint density at radius 2 is 1.80 bits per heavy atom. The highest BCUT2D eigenvalue weighted by atomic mass is 16.1. The van der Waals surface area contributed by atoms with Gasteiger partial charge >= 0.3 is 0 Å². The Kier molecular flexibility index (Phi) is 4.67. The Labute approximate surface area is 175 Å². The smallest absolute Gasteiger partial charge is 0.251 e. The Morgan fingerprint density at radius 3 is 2.63 bits per heavy atom. The Morgan fingerprint density at radius 1 is 0.967 bits per heavy atom. The third kappa shape index (κ3) is 3.30. The number of carbonyl (C=O) groups excluding carboxylic acids is 1. The normalized spacial score (nSPS) is 13.7. The van der Waals surface area contributed by atoms with Crippen LogP contribution in [0.4, 0.5) is 5.82 Å². The molecule has 0 radical (unpaired) electrons. The first-order valence-corrected chi connectivity index (χ1v) is 10.2. The quantitative estimate of drug-likeness (QED) is 0.565. The average molecular weight is 397 g/mol. The van der Waals surface area contributed by atoms with Gasteiger partial charge in [0.1, 0.15) is 11.5 Å². The second kappa shape index (κ2) is 7.63. The van der Waals surface area contributed by atoms with Gasteiger partial charge in [-0.15, -0.1) is 0 Å². The maximum Gasteiger partial charge on any atom is 0.251 e. The van der Waals surface area contributed by atoms with Gasteiger partial charge in [-0.2, -0.15) is 0 Å². The summed E-state index contributed by atoms with van der Waals surface area (Å²) >= 11 is 0. The molecule has 4 aromatic rings. The summed E-state index contributed by atoms with van der Waals surface area (Å²) in [6.07, 6.45) is 8.27. The average Bonchev–Trinajstić information content (AvgIpc) is 3.48. The van der Waals surface area contributed by atoms with E-state index in [-0.39, 0.29) is 5.91 Å². The molecule has 1 fully saturated rings. The minimum Gasteiger partial charge on any atom is -0.357 e. The molecule has 150 valence electrons. The molecule has 4 heterocycles. The van der Waals surface area contributed by atoms with Crippen LogP contribution < -0.4 is 10.2 Å².